The average molecular weight is 288 g/mol. The highest BCUT2D eigenvalue weighted by atomic mass is 16.1. The molecule has 2 rings (SSSR count). The van der Waals surface area contributed by atoms with Crippen molar-refractivity contribution in [3.8, 4) is 0 Å². The lowest BCUT2D eigenvalue weighted by atomic mass is 9.81. The molecule has 3 heteroatoms. The van der Waals surface area contributed by atoms with E-state index in [4.69, 9.17) is 0 Å². The van der Waals surface area contributed by atoms with Gasteiger partial charge in [-0.3, -0.25) is 4.79 Å². The van der Waals surface area contributed by atoms with Gasteiger partial charge in [-0.25, -0.2) is 0 Å². The monoisotopic (exact) mass is 288 g/mol. The Balaban J connectivity index is 1.70. The predicted octanol–water partition coefficient (Wildman–Crippen LogP) is 3.35. The van der Waals surface area contributed by atoms with Gasteiger partial charge in [-0.2, -0.15) is 0 Å². The maximum atomic E-state index is 11.5. The summed E-state index contributed by atoms with van der Waals surface area (Å²) in [6, 6.07) is 7.85. The summed E-state index contributed by atoms with van der Waals surface area (Å²) in [5.74, 6) is 1.79. The highest BCUT2D eigenvalue weighted by molar-refractivity contribution is 5.93. The van der Waals surface area contributed by atoms with Crippen molar-refractivity contribution in [2.24, 2.45) is 11.8 Å². The molecule has 1 aromatic carbocycles. The zero-order valence-corrected chi connectivity index (χ0v) is 13.3. The topological polar surface area (TPSA) is 41.1 Å². The van der Waals surface area contributed by atoms with Crippen LogP contribution in [0.4, 0.5) is 0 Å². The second kappa shape index (κ2) is 8.18. The predicted molar refractivity (Wildman–Crippen MR) is 87.3 cm³/mol. The van der Waals surface area contributed by atoms with Gasteiger partial charge in [-0.15, -0.1) is 0 Å². The first-order valence-electron chi connectivity index (χ1n) is 8.24. The Labute approximate surface area is 128 Å². The minimum Gasteiger partial charge on any atom is -0.355 e. The van der Waals surface area contributed by atoms with Crippen LogP contribution in [0.2, 0.25) is 0 Å². The molecule has 0 heterocycles. The zero-order valence-electron chi connectivity index (χ0n) is 13.3. The summed E-state index contributed by atoms with van der Waals surface area (Å²) in [6.45, 7) is 4.32. The number of carbonyl (C=O) groups excluding carboxylic acids is 1. The van der Waals surface area contributed by atoms with Crippen LogP contribution in [0.3, 0.4) is 0 Å². The Morgan fingerprint density at radius 1 is 1.10 bits per heavy atom. The number of benzene rings is 1. The van der Waals surface area contributed by atoms with Crippen molar-refractivity contribution in [2.45, 2.75) is 45.6 Å². The van der Waals surface area contributed by atoms with Crippen molar-refractivity contribution in [1.29, 1.82) is 0 Å². The molecule has 1 fully saturated rings. The van der Waals surface area contributed by atoms with Crippen molar-refractivity contribution >= 4 is 5.91 Å². The Bertz CT molecular complexity index is 433. The van der Waals surface area contributed by atoms with E-state index in [1.807, 2.05) is 24.3 Å². The van der Waals surface area contributed by atoms with E-state index in [1.165, 1.54) is 37.7 Å². The quantitative estimate of drug-likeness (QED) is 0.843. The second-order valence-corrected chi connectivity index (χ2v) is 6.20. The SMILES string of the molecule is CCC1CCC(CNCc2ccc(C(=O)NC)cc2)CC1. The van der Waals surface area contributed by atoms with Crippen LogP contribution in [0.5, 0.6) is 0 Å². The molecule has 0 spiro atoms. The van der Waals surface area contributed by atoms with E-state index >= 15 is 0 Å². The lowest BCUT2D eigenvalue weighted by Crippen LogP contribution is -2.26. The smallest absolute Gasteiger partial charge is 0.251 e. The number of rotatable bonds is 6. The van der Waals surface area contributed by atoms with Gasteiger partial charge in [-0.1, -0.05) is 38.3 Å². The Morgan fingerprint density at radius 2 is 1.71 bits per heavy atom. The summed E-state index contributed by atoms with van der Waals surface area (Å²) in [7, 11) is 1.66. The number of amides is 1. The van der Waals surface area contributed by atoms with Gasteiger partial charge in [0.2, 0.25) is 0 Å². The van der Waals surface area contributed by atoms with Gasteiger partial charge >= 0.3 is 0 Å². The van der Waals surface area contributed by atoms with Gasteiger partial charge in [0.25, 0.3) is 5.91 Å². The standard InChI is InChI=1S/C18H28N2O/c1-3-14-4-6-15(7-5-14)12-20-13-16-8-10-17(11-9-16)18(21)19-2/h8-11,14-15,20H,3-7,12-13H2,1-2H3,(H,19,21). The molecule has 116 valence electrons. The highest BCUT2D eigenvalue weighted by Crippen LogP contribution is 2.30. The molecule has 1 aliphatic rings. The molecular formula is C18H28N2O. The van der Waals surface area contributed by atoms with Crippen LogP contribution < -0.4 is 10.6 Å². The minimum absolute atomic E-state index is 0.0257. The number of hydrogen-bond acceptors (Lipinski definition) is 2. The molecule has 0 atom stereocenters. The first-order valence-corrected chi connectivity index (χ1v) is 8.24. The van der Waals surface area contributed by atoms with Gasteiger partial charge in [0.1, 0.15) is 0 Å². The summed E-state index contributed by atoms with van der Waals surface area (Å²) < 4.78 is 0. The van der Waals surface area contributed by atoms with Gasteiger partial charge < -0.3 is 10.6 Å². The van der Waals surface area contributed by atoms with E-state index < -0.39 is 0 Å². The third-order valence-electron chi connectivity index (χ3n) is 4.75. The van der Waals surface area contributed by atoms with E-state index in [-0.39, 0.29) is 5.91 Å². The fraction of sp³-hybridized carbons (Fsp3) is 0.611. The first kappa shape index (κ1) is 16.0. The minimum atomic E-state index is -0.0257. The fourth-order valence-corrected chi connectivity index (χ4v) is 3.18. The summed E-state index contributed by atoms with van der Waals surface area (Å²) in [6.07, 6.45) is 6.91. The van der Waals surface area contributed by atoms with E-state index in [1.54, 1.807) is 7.05 Å². The molecule has 0 unspecified atom stereocenters. The van der Waals surface area contributed by atoms with Gasteiger partial charge in [0, 0.05) is 19.2 Å². The lowest BCUT2D eigenvalue weighted by molar-refractivity contribution is 0.0963. The molecule has 1 saturated carbocycles. The molecular weight excluding hydrogens is 260 g/mol. The molecule has 0 radical (unpaired) electrons. The van der Waals surface area contributed by atoms with Gasteiger partial charge in [-0.05, 0) is 48.9 Å². The van der Waals surface area contributed by atoms with Crippen LogP contribution in [0, 0.1) is 11.8 Å². The van der Waals surface area contributed by atoms with Crippen LogP contribution in [-0.4, -0.2) is 19.5 Å². The Morgan fingerprint density at radius 3 is 2.29 bits per heavy atom. The summed E-state index contributed by atoms with van der Waals surface area (Å²) >= 11 is 0. The van der Waals surface area contributed by atoms with Gasteiger partial charge in [0.15, 0.2) is 0 Å². The molecule has 0 saturated heterocycles. The Kier molecular flexibility index (Phi) is 6.24. The molecule has 2 N–H and O–H groups in total. The summed E-state index contributed by atoms with van der Waals surface area (Å²) in [4.78, 5) is 11.5. The molecule has 3 nitrogen and oxygen atoms in total. The van der Waals surface area contributed by atoms with Crippen LogP contribution in [0.15, 0.2) is 24.3 Å². The van der Waals surface area contributed by atoms with Crippen LogP contribution in [-0.2, 0) is 6.54 Å². The zero-order chi connectivity index (χ0) is 15.1. The van der Waals surface area contributed by atoms with Crippen LogP contribution >= 0.6 is 0 Å². The maximum Gasteiger partial charge on any atom is 0.251 e. The molecule has 21 heavy (non-hydrogen) atoms. The third-order valence-corrected chi connectivity index (χ3v) is 4.75. The number of hydrogen-bond donors (Lipinski definition) is 2. The highest BCUT2D eigenvalue weighted by Gasteiger charge is 2.19. The fourth-order valence-electron chi connectivity index (χ4n) is 3.18. The molecule has 0 bridgehead atoms. The van der Waals surface area contributed by atoms with Crippen molar-refractivity contribution in [2.75, 3.05) is 13.6 Å². The third kappa shape index (κ3) is 4.85. The molecule has 1 amide bonds. The van der Waals surface area contributed by atoms with Crippen molar-refractivity contribution in [3.63, 3.8) is 0 Å². The first-order chi connectivity index (χ1) is 10.2. The average Bonchev–Trinajstić information content (AvgIpc) is 2.55. The van der Waals surface area contributed by atoms with E-state index in [0.29, 0.717) is 0 Å². The lowest BCUT2D eigenvalue weighted by Gasteiger charge is -2.27. The van der Waals surface area contributed by atoms with Crippen molar-refractivity contribution in [1.82, 2.24) is 10.6 Å². The largest absolute Gasteiger partial charge is 0.355 e. The molecule has 0 aliphatic heterocycles. The van der Waals surface area contributed by atoms with Crippen LogP contribution in [0.25, 0.3) is 0 Å². The molecule has 0 aromatic heterocycles. The molecule has 1 aliphatic carbocycles. The summed E-state index contributed by atoms with van der Waals surface area (Å²) in [5.41, 5.74) is 1.96. The maximum absolute atomic E-state index is 11.5. The van der Waals surface area contributed by atoms with E-state index in [0.717, 1.165) is 30.5 Å². The normalized spacial score (nSPS) is 22.0. The summed E-state index contributed by atoms with van der Waals surface area (Å²) in [5, 5.41) is 6.21. The van der Waals surface area contributed by atoms with Crippen molar-refractivity contribution < 1.29 is 4.79 Å². The second-order valence-electron chi connectivity index (χ2n) is 6.20. The number of nitrogens with one attached hydrogen (secondary N) is 2. The number of carbonyl (C=O) groups is 1. The van der Waals surface area contributed by atoms with Crippen molar-refractivity contribution in [3.05, 3.63) is 35.4 Å². The van der Waals surface area contributed by atoms with Crippen LogP contribution in [0.1, 0.15) is 54.9 Å². The van der Waals surface area contributed by atoms with Gasteiger partial charge in [0.05, 0.1) is 0 Å². The Hall–Kier alpha value is -1.35. The molecule has 1 aromatic rings. The van der Waals surface area contributed by atoms with E-state index in [2.05, 4.69) is 17.6 Å². The van der Waals surface area contributed by atoms with E-state index in [9.17, 15) is 4.79 Å².